The molecule has 0 aliphatic heterocycles. The highest BCUT2D eigenvalue weighted by molar-refractivity contribution is 5.63. The largest absolute Gasteiger partial charge is 0.399 e. The van der Waals surface area contributed by atoms with Gasteiger partial charge in [0.05, 0.1) is 5.69 Å². The number of aryl methyl sites for hydroxylation is 1. The van der Waals surface area contributed by atoms with Crippen molar-refractivity contribution in [3.05, 3.63) is 35.8 Å². The number of nitrogens with zero attached hydrogens (tertiary/aromatic N) is 2. The quantitative estimate of drug-likeness (QED) is 0.838. The minimum Gasteiger partial charge on any atom is -0.399 e. The van der Waals surface area contributed by atoms with E-state index < -0.39 is 17.4 Å². The molecule has 96 valence electrons. The van der Waals surface area contributed by atoms with E-state index in [1.54, 1.807) is 0 Å². The Morgan fingerprint density at radius 1 is 1.28 bits per heavy atom. The molecule has 1 heterocycles. The molecule has 0 aliphatic rings. The summed E-state index contributed by atoms with van der Waals surface area (Å²) >= 11 is 0. The van der Waals surface area contributed by atoms with Gasteiger partial charge in [0, 0.05) is 25.2 Å². The van der Waals surface area contributed by atoms with Crippen LogP contribution in [0.25, 0.3) is 11.3 Å². The smallest absolute Gasteiger partial charge is 0.288 e. The van der Waals surface area contributed by atoms with E-state index in [4.69, 9.17) is 5.73 Å². The van der Waals surface area contributed by atoms with Gasteiger partial charge in [-0.05, 0) is 24.3 Å². The predicted molar refractivity (Wildman–Crippen MR) is 62.6 cm³/mol. The second kappa shape index (κ2) is 4.04. The lowest BCUT2D eigenvalue weighted by molar-refractivity contribution is 0.0122. The molecule has 0 saturated heterocycles. The van der Waals surface area contributed by atoms with Crippen LogP contribution in [0.15, 0.2) is 24.3 Å². The Kier molecular flexibility index (Phi) is 2.80. The summed E-state index contributed by atoms with van der Waals surface area (Å²) in [6, 6.07) is 5.27. The number of aromatic nitrogens is 2. The summed E-state index contributed by atoms with van der Waals surface area (Å²) in [6.45, 7) is 0.748. The second-order valence-electron chi connectivity index (χ2n) is 4.17. The molecule has 1 aromatic carbocycles. The van der Waals surface area contributed by atoms with Gasteiger partial charge in [-0.2, -0.15) is 13.9 Å². The molecular weight excluding hydrogens is 243 g/mol. The average molecular weight is 255 g/mol. The zero-order chi connectivity index (χ0) is 13.5. The summed E-state index contributed by atoms with van der Waals surface area (Å²) in [5.74, 6) is -3.62. The van der Waals surface area contributed by atoms with Gasteiger partial charge in [0.1, 0.15) is 11.5 Å². The van der Waals surface area contributed by atoms with E-state index in [1.165, 1.54) is 29.9 Å². The fraction of sp³-hybridized carbons (Fsp3) is 0.250. The third kappa shape index (κ3) is 2.18. The molecule has 0 radical (unpaired) electrons. The van der Waals surface area contributed by atoms with Crippen molar-refractivity contribution in [2.45, 2.75) is 12.8 Å². The van der Waals surface area contributed by atoms with Crippen molar-refractivity contribution >= 4 is 5.69 Å². The van der Waals surface area contributed by atoms with Gasteiger partial charge in [-0.3, -0.25) is 4.68 Å². The first-order valence-electron chi connectivity index (χ1n) is 5.27. The van der Waals surface area contributed by atoms with Crippen LogP contribution in [0.2, 0.25) is 0 Å². The monoisotopic (exact) mass is 255 g/mol. The molecule has 1 aromatic heterocycles. The van der Waals surface area contributed by atoms with Crippen molar-refractivity contribution in [3.63, 3.8) is 0 Å². The van der Waals surface area contributed by atoms with Crippen LogP contribution in [0.5, 0.6) is 0 Å². The van der Waals surface area contributed by atoms with E-state index in [9.17, 15) is 13.2 Å². The van der Waals surface area contributed by atoms with Crippen LogP contribution >= 0.6 is 0 Å². The maximum absolute atomic E-state index is 13.7. The van der Waals surface area contributed by atoms with E-state index >= 15 is 0 Å². The Hall–Kier alpha value is -1.98. The molecule has 0 bridgehead atoms. The Morgan fingerprint density at radius 2 is 1.94 bits per heavy atom. The first kappa shape index (κ1) is 12.5. The van der Waals surface area contributed by atoms with Gasteiger partial charge < -0.3 is 5.73 Å². The lowest BCUT2D eigenvalue weighted by Gasteiger charge is -2.04. The van der Waals surface area contributed by atoms with E-state index in [0.29, 0.717) is 0 Å². The summed E-state index contributed by atoms with van der Waals surface area (Å²) < 4.78 is 41.2. The summed E-state index contributed by atoms with van der Waals surface area (Å²) in [7, 11) is 1.49. The molecule has 0 atom stereocenters. The number of hydrogen-bond donors (Lipinski definition) is 1. The van der Waals surface area contributed by atoms with Crippen LogP contribution < -0.4 is 5.73 Å². The topological polar surface area (TPSA) is 43.8 Å². The molecule has 0 spiro atoms. The van der Waals surface area contributed by atoms with Crippen molar-refractivity contribution in [2.75, 3.05) is 5.73 Å². The summed E-state index contributed by atoms with van der Waals surface area (Å²) in [4.78, 5) is 0. The first-order valence-corrected chi connectivity index (χ1v) is 5.27. The zero-order valence-electron chi connectivity index (χ0n) is 9.92. The molecule has 2 rings (SSSR count). The van der Waals surface area contributed by atoms with E-state index in [0.717, 1.165) is 13.0 Å². The van der Waals surface area contributed by atoms with Crippen LogP contribution in [0.3, 0.4) is 0 Å². The van der Waals surface area contributed by atoms with Gasteiger partial charge in [0.2, 0.25) is 0 Å². The third-order valence-electron chi connectivity index (χ3n) is 2.60. The summed E-state index contributed by atoms with van der Waals surface area (Å²) in [5, 5.41) is 3.69. The Labute approximate surface area is 102 Å². The number of benzene rings is 1. The van der Waals surface area contributed by atoms with Crippen molar-refractivity contribution in [3.8, 4) is 11.3 Å². The molecule has 0 fully saturated rings. The normalized spacial score (nSPS) is 11.8. The molecule has 0 unspecified atom stereocenters. The molecule has 0 amide bonds. The number of rotatable bonds is 2. The summed E-state index contributed by atoms with van der Waals surface area (Å²) in [5.41, 5.74) is 5.79. The molecule has 2 N–H and O–H groups in total. The van der Waals surface area contributed by atoms with Crippen LogP contribution in [-0.2, 0) is 13.0 Å². The number of nitrogens with two attached hydrogens (primary N) is 1. The highest BCUT2D eigenvalue weighted by Crippen LogP contribution is 2.31. The molecule has 2 aromatic rings. The Morgan fingerprint density at radius 3 is 2.44 bits per heavy atom. The van der Waals surface area contributed by atoms with Crippen molar-refractivity contribution in [2.24, 2.45) is 7.05 Å². The van der Waals surface area contributed by atoms with Crippen LogP contribution in [0, 0.1) is 5.82 Å². The number of halogens is 3. The van der Waals surface area contributed by atoms with Gasteiger partial charge in [0.15, 0.2) is 0 Å². The lowest BCUT2D eigenvalue weighted by atomic mass is 10.1. The molecule has 0 aliphatic carbocycles. The maximum Gasteiger partial charge on any atom is 0.288 e. The van der Waals surface area contributed by atoms with Crippen molar-refractivity contribution < 1.29 is 13.2 Å². The minimum absolute atomic E-state index is 0.190. The molecule has 3 nitrogen and oxygen atoms in total. The fourth-order valence-electron chi connectivity index (χ4n) is 1.67. The van der Waals surface area contributed by atoms with Crippen molar-refractivity contribution in [1.82, 2.24) is 9.78 Å². The van der Waals surface area contributed by atoms with Gasteiger partial charge >= 0.3 is 0 Å². The lowest BCUT2D eigenvalue weighted by Crippen LogP contribution is -2.08. The SMILES string of the molecule is Cn1nc(C(C)(F)F)cc1-c1ccc(N)cc1F. The number of nitrogen functional groups attached to an aromatic ring is 1. The molecule has 18 heavy (non-hydrogen) atoms. The number of anilines is 1. The fourth-order valence-corrected chi connectivity index (χ4v) is 1.67. The molecule has 6 heteroatoms. The summed E-state index contributed by atoms with van der Waals surface area (Å²) in [6.07, 6.45) is 0. The minimum atomic E-state index is -3.06. The predicted octanol–water partition coefficient (Wildman–Crippen LogP) is 2.92. The van der Waals surface area contributed by atoms with Crippen molar-refractivity contribution in [1.29, 1.82) is 0 Å². The Balaban J connectivity index is 2.55. The highest BCUT2D eigenvalue weighted by atomic mass is 19.3. The van der Waals surface area contributed by atoms with Crippen LogP contribution in [0.4, 0.5) is 18.9 Å². The molecule has 0 saturated carbocycles. The first-order chi connectivity index (χ1) is 8.29. The van der Waals surface area contributed by atoms with Gasteiger partial charge in [0.25, 0.3) is 5.92 Å². The van der Waals surface area contributed by atoms with Gasteiger partial charge in [-0.25, -0.2) is 4.39 Å². The van der Waals surface area contributed by atoms with Crippen LogP contribution in [-0.4, -0.2) is 9.78 Å². The van der Waals surface area contributed by atoms with E-state index in [1.807, 2.05) is 0 Å². The maximum atomic E-state index is 13.7. The van der Waals surface area contributed by atoms with E-state index in [-0.39, 0.29) is 16.9 Å². The third-order valence-corrected chi connectivity index (χ3v) is 2.60. The zero-order valence-corrected chi connectivity index (χ0v) is 9.92. The number of hydrogen-bond acceptors (Lipinski definition) is 2. The highest BCUT2D eigenvalue weighted by Gasteiger charge is 2.29. The molecular formula is C12H12F3N3. The Bertz CT molecular complexity index is 585. The average Bonchev–Trinajstić information content (AvgIpc) is 2.60. The second-order valence-corrected chi connectivity index (χ2v) is 4.17. The standard InChI is InChI=1S/C12H12F3N3/c1-12(14,15)11-6-10(18(2)17-11)8-4-3-7(16)5-9(8)13/h3-6H,16H2,1-2H3. The number of alkyl halides is 2. The van der Waals surface area contributed by atoms with Gasteiger partial charge in [-0.15, -0.1) is 0 Å². The van der Waals surface area contributed by atoms with Crippen LogP contribution in [0.1, 0.15) is 12.6 Å². The van der Waals surface area contributed by atoms with E-state index in [2.05, 4.69) is 5.10 Å². The van der Waals surface area contributed by atoms with Gasteiger partial charge in [-0.1, -0.05) is 0 Å².